The minimum atomic E-state index is -0.298. The van der Waals surface area contributed by atoms with Gasteiger partial charge in [0.15, 0.2) is 0 Å². The average Bonchev–Trinajstić information content (AvgIpc) is 2.94. The van der Waals surface area contributed by atoms with E-state index in [2.05, 4.69) is 66.7 Å². The maximum atomic E-state index is 11.7. The van der Waals surface area contributed by atoms with Crippen molar-refractivity contribution in [2.75, 3.05) is 7.11 Å². The molecule has 0 radical (unpaired) electrons. The molecule has 0 amide bonds. The topological polar surface area (TPSA) is 26.3 Å². The summed E-state index contributed by atoms with van der Waals surface area (Å²) in [5, 5.41) is 0. The molecule has 1 aliphatic carbocycles. The minimum absolute atomic E-state index is 0.186. The smallest absolute Gasteiger partial charge is 0.337 e. The Balaban J connectivity index is 2.05. The first-order valence-corrected chi connectivity index (χ1v) is 12.0. The van der Waals surface area contributed by atoms with Gasteiger partial charge in [-0.05, 0) is 88.5 Å². The van der Waals surface area contributed by atoms with Gasteiger partial charge in [0.2, 0.25) is 0 Å². The Hall–Kier alpha value is -2.35. The lowest BCUT2D eigenvalue weighted by Gasteiger charge is -2.22. The van der Waals surface area contributed by atoms with Gasteiger partial charge in [0, 0.05) is 0 Å². The van der Waals surface area contributed by atoms with Crippen LogP contribution >= 0.6 is 0 Å². The summed E-state index contributed by atoms with van der Waals surface area (Å²) in [5.74, 6) is 0.434. The zero-order valence-corrected chi connectivity index (χ0v) is 21.3. The molecule has 1 atom stereocenters. The molecule has 0 fully saturated rings. The summed E-state index contributed by atoms with van der Waals surface area (Å²) in [6.45, 7) is 16.4. The lowest BCUT2D eigenvalue weighted by Crippen LogP contribution is -2.18. The normalized spacial score (nSPS) is 17.7. The zero-order chi connectivity index (χ0) is 23.7. The van der Waals surface area contributed by atoms with Crippen molar-refractivity contribution in [1.82, 2.24) is 0 Å². The second kappa shape index (κ2) is 9.25. The van der Waals surface area contributed by atoms with Crippen molar-refractivity contribution in [3.05, 3.63) is 69.8 Å². The molecule has 2 nitrogen and oxygen atoms in total. The van der Waals surface area contributed by atoms with Gasteiger partial charge in [0.1, 0.15) is 0 Å². The molecular formula is C30H40O2. The largest absolute Gasteiger partial charge is 0.465 e. The molecule has 0 saturated heterocycles. The molecule has 2 aromatic carbocycles. The third kappa shape index (κ3) is 5.00. The fourth-order valence-corrected chi connectivity index (χ4v) is 5.40. The van der Waals surface area contributed by atoms with Crippen LogP contribution in [0.25, 0.3) is 11.6 Å². The summed E-state index contributed by atoms with van der Waals surface area (Å²) < 4.78 is 4.82. The van der Waals surface area contributed by atoms with E-state index in [0.29, 0.717) is 5.56 Å². The Bertz CT molecular complexity index is 1010. The van der Waals surface area contributed by atoms with Crippen LogP contribution in [0, 0.1) is 5.92 Å². The maximum absolute atomic E-state index is 11.7. The Morgan fingerprint density at radius 1 is 1.06 bits per heavy atom. The second-order valence-corrected chi connectivity index (χ2v) is 11.0. The number of carbonyl (C=O) groups excluding carboxylic acids is 1. The number of fused-ring (bicyclic) bond motifs is 1. The summed E-state index contributed by atoms with van der Waals surface area (Å²) >= 11 is 0. The standard InChI is InChI=1S/C30H40O2/c1-9-20(2)10-13-24-17-26-27(30(6,7)19-29(26,4)5)18-25(24)21(3)16-22-11-14-23(15-12-22)28(31)32-8/h11-12,14-18,20H,9-10,13,19H2,1-8H3. The summed E-state index contributed by atoms with van der Waals surface area (Å²) in [5.41, 5.74) is 9.22. The predicted molar refractivity (Wildman–Crippen MR) is 136 cm³/mol. The number of esters is 1. The van der Waals surface area contributed by atoms with Crippen molar-refractivity contribution < 1.29 is 9.53 Å². The zero-order valence-electron chi connectivity index (χ0n) is 21.3. The van der Waals surface area contributed by atoms with Crippen LogP contribution in [0.1, 0.15) is 106 Å². The molecule has 2 aromatic rings. The summed E-state index contributed by atoms with van der Waals surface area (Å²) in [7, 11) is 1.41. The first kappa shape index (κ1) is 24.3. The van der Waals surface area contributed by atoms with Crippen LogP contribution in [-0.2, 0) is 22.0 Å². The van der Waals surface area contributed by atoms with E-state index in [4.69, 9.17) is 4.74 Å². The first-order valence-electron chi connectivity index (χ1n) is 12.0. The molecule has 0 aliphatic heterocycles. The van der Waals surface area contributed by atoms with Crippen LogP contribution in [0.15, 0.2) is 36.4 Å². The third-order valence-corrected chi connectivity index (χ3v) is 7.33. The maximum Gasteiger partial charge on any atom is 0.337 e. The first-order chi connectivity index (χ1) is 15.0. The van der Waals surface area contributed by atoms with Crippen molar-refractivity contribution in [3.63, 3.8) is 0 Å². The molecule has 0 saturated carbocycles. The molecule has 3 rings (SSSR count). The van der Waals surface area contributed by atoms with Gasteiger partial charge in [0.25, 0.3) is 0 Å². The lowest BCUT2D eigenvalue weighted by atomic mass is 9.82. The fraction of sp³-hybridized carbons (Fsp3) is 0.500. The summed E-state index contributed by atoms with van der Waals surface area (Å²) in [6, 6.07) is 12.7. The van der Waals surface area contributed by atoms with Gasteiger partial charge in [0.05, 0.1) is 12.7 Å². The van der Waals surface area contributed by atoms with E-state index in [1.54, 1.807) is 0 Å². The number of rotatable bonds is 7. The average molecular weight is 433 g/mol. The van der Waals surface area contributed by atoms with Crippen molar-refractivity contribution >= 4 is 17.6 Å². The highest BCUT2D eigenvalue weighted by Crippen LogP contribution is 2.50. The number of methoxy groups -OCH3 is 1. The van der Waals surface area contributed by atoms with E-state index >= 15 is 0 Å². The number of hydrogen-bond acceptors (Lipinski definition) is 2. The van der Waals surface area contributed by atoms with Gasteiger partial charge >= 0.3 is 5.97 Å². The van der Waals surface area contributed by atoms with Crippen molar-refractivity contribution in [2.24, 2.45) is 5.92 Å². The van der Waals surface area contributed by atoms with Crippen LogP contribution in [0.5, 0.6) is 0 Å². The van der Waals surface area contributed by atoms with Gasteiger partial charge in [-0.3, -0.25) is 0 Å². The predicted octanol–water partition coefficient (Wildman–Crippen LogP) is 7.97. The Morgan fingerprint density at radius 3 is 2.22 bits per heavy atom. The molecule has 0 aromatic heterocycles. The molecule has 172 valence electrons. The highest BCUT2D eigenvalue weighted by Gasteiger charge is 2.42. The van der Waals surface area contributed by atoms with Crippen molar-refractivity contribution in [1.29, 1.82) is 0 Å². The number of aryl methyl sites for hydroxylation is 1. The Morgan fingerprint density at radius 2 is 1.66 bits per heavy atom. The van der Waals surface area contributed by atoms with Crippen LogP contribution in [0.2, 0.25) is 0 Å². The van der Waals surface area contributed by atoms with E-state index in [1.165, 1.54) is 54.2 Å². The molecule has 0 spiro atoms. The highest BCUT2D eigenvalue weighted by atomic mass is 16.5. The molecule has 2 heteroatoms. The minimum Gasteiger partial charge on any atom is -0.465 e. The monoisotopic (exact) mass is 432 g/mol. The van der Waals surface area contributed by atoms with Crippen LogP contribution in [0.3, 0.4) is 0 Å². The summed E-state index contributed by atoms with van der Waals surface area (Å²) in [4.78, 5) is 11.7. The van der Waals surface area contributed by atoms with Crippen molar-refractivity contribution in [3.8, 4) is 0 Å². The van der Waals surface area contributed by atoms with E-state index < -0.39 is 0 Å². The molecule has 0 bridgehead atoms. The van der Waals surface area contributed by atoms with E-state index in [9.17, 15) is 4.79 Å². The van der Waals surface area contributed by atoms with Gasteiger partial charge in [-0.15, -0.1) is 0 Å². The van der Waals surface area contributed by atoms with E-state index in [0.717, 1.165) is 17.9 Å². The summed E-state index contributed by atoms with van der Waals surface area (Å²) in [6.07, 6.45) is 6.97. The molecule has 1 unspecified atom stereocenters. The third-order valence-electron chi connectivity index (χ3n) is 7.33. The quantitative estimate of drug-likeness (QED) is 0.327. The van der Waals surface area contributed by atoms with Crippen LogP contribution in [-0.4, -0.2) is 13.1 Å². The number of ether oxygens (including phenoxy) is 1. The van der Waals surface area contributed by atoms with Crippen LogP contribution < -0.4 is 0 Å². The van der Waals surface area contributed by atoms with Gasteiger partial charge in [-0.2, -0.15) is 0 Å². The Kier molecular flexibility index (Phi) is 7.03. The number of allylic oxidation sites excluding steroid dienone is 1. The van der Waals surface area contributed by atoms with E-state index in [1.807, 2.05) is 24.3 Å². The SMILES string of the molecule is CCC(C)CCc1cc2c(cc1C(C)=Cc1ccc(C(=O)OC)cc1)C(C)(C)CC2(C)C. The van der Waals surface area contributed by atoms with Gasteiger partial charge in [-0.1, -0.05) is 78.3 Å². The number of carbonyl (C=O) groups is 1. The van der Waals surface area contributed by atoms with Gasteiger partial charge < -0.3 is 4.74 Å². The molecule has 1 aliphatic rings. The molecule has 0 heterocycles. The van der Waals surface area contributed by atoms with Crippen LogP contribution in [0.4, 0.5) is 0 Å². The molecular weight excluding hydrogens is 392 g/mol. The fourth-order valence-electron chi connectivity index (χ4n) is 5.40. The van der Waals surface area contributed by atoms with Gasteiger partial charge in [-0.25, -0.2) is 4.79 Å². The molecule has 32 heavy (non-hydrogen) atoms. The second-order valence-electron chi connectivity index (χ2n) is 11.0. The number of hydrogen-bond donors (Lipinski definition) is 0. The number of benzene rings is 2. The van der Waals surface area contributed by atoms with Crippen molar-refractivity contribution in [2.45, 2.75) is 85.0 Å². The molecule has 0 N–H and O–H groups in total. The lowest BCUT2D eigenvalue weighted by molar-refractivity contribution is 0.0600. The Labute approximate surface area is 195 Å². The van der Waals surface area contributed by atoms with E-state index in [-0.39, 0.29) is 16.8 Å². The highest BCUT2D eigenvalue weighted by molar-refractivity contribution is 5.90.